The summed E-state index contributed by atoms with van der Waals surface area (Å²) in [5, 5.41) is 22.0. The van der Waals surface area contributed by atoms with E-state index in [2.05, 4.69) is 5.32 Å². The quantitative estimate of drug-likeness (QED) is 0.493. The Labute approximate surface area is 183 Å². The summed E-state index contributed by atoms with van der Waals surface area (Å²) >= 11 is 0. The second-order valence-electron chi connectivity index (χ2n) is 6.50. The number of carboxylic acids is 1. The van der Waals surface area contributed by atoms with E-state index in [1.54, 1.807) is 25.1 Å². The standard InChI is InChI=1S/C25H27NO3/c1-18-6-2-11-22(14-18)24(27)17-26-13-5-8-19-7-3-9-20(15-19)21-10-4-12-23(16-21)25(28)29/h2-4,6-7,9-12,14-16,24,26-27H,5,8,13,17H2,1H3,(H,28,29)/t24-/m0/s1/i3D,7D,9D,13D2,15D,17D2. The Hall–Kier alpha value is -2.95. The summed E-state index contributed by atoms with van der Waals surface area (Å²) < 4.78 is 66.3. The van der Waals surface area contributed by atoms with Gasteiger partial charge >= 0.3 is 5.97 Å². The van der Waals surface area contributed by atoms with Crippen LogP contribution >= 0.6 is 0 Å². The zero-order chi connectivity index (χ0) is 27.7. The first-order chi connectivity index (χ1) is 17.1. The lowest BCUT2D eigenvalue weighted by Crippen LogP contribution is -2.22. The summed E-state index contributed by atoms with van der Waals surface area (Å²) in [5.74, 6) is -1.20. The predicted octanol–water partition coefficient (Wildman–Crippen LogP) is 4.62. The zero-order valence-corrected chi connectivity index (χ0v) is 15.9. The van der Waals surface area contributed by atoms with Crippen molar-refractivity contribution in [2.45, 2.75) is 25.9 Å². The Balaban J connectivity index is 1.89. The molecule has 0 radical (unpaired) electrons. The number of nitrogens with one attached hydrogen (secondary N) is 1. The van der Waals surface area contributed by atoms with Crippen molar-refractivity contribution < 1.29 is 26.0 Å². The summed E-state index contributed by atoms with van der Waals surface area (Å²) in [4.78, 5) is 11.4. The van der Waals surface area contributed by atoms with E-state index >= 15 is 0 Å². The van der Waals surface area contributed by atoms with Crippen molar-refractivity contribution in [3.05, 3.63) is 95.0 Å². The molecule has 29 heavy (non-hydrogen) atoms. The van der Waals surface area contributed by atoms with Crippen LogP contribution in [-0.2, 0) is 6.42 Å². The maximum Gasteiger partial charge on any atom is 0.335 e. The largest absolute Gasteiger partial charge is 0.478 e. The summed E-state index contributed by atoms with van der Waals surface area (Å²) in [6, 6.07) is 10.5. The molecule has 0 aromatic heterocycles. The third kappa shape index (κ3) is 6.01. The highest BCUT2D eigenvalue weighted by Gasteiger charge is 2.07. The van der Waals surface area contributed by atoms with E-state index in [4.69, 9.17) is 11.0 Å². The molecule has 1 atom stereocenters. The van der Waals surface area contributed by atoms with E-state index in [0.717, 1.165) is 5.56 Å². The van der Waals surface area contributed by atoms with Gasteiger partial charge < -0.3 is 15.5 Å². The minimum atomic E-state index is -2.56. The predicted molar refractivity (Wildman–Crippen MR) is 116 cm³/mol. The lowest BCUT2D eigenvalue weighted by Gasteiger charge is -2.13. The molecule has 0 bridgehead atoms. The van der Waals surface area contributed by atoms with Gasteiger partial charge in [0.1, 0.15) is 0 Å². The summed E-state index contributed by atoms with van der Waals surface area (Å²) in [5.41, 5.74) is 1.14. The van der Waals surface area contributed by atoms with Crippen LogP contribution in [0.3, 0.4) is 0 Å². The monoisotopic (exact) mass is 397 g/mol. The fourth-order valence-electron chi connectivity index (χ4n) is 2.75. The number of hydrogen-bond acceptors (Lipinski definition) is 3. The molecule has 3 rings (SSSR count). The van der Waals surface area contributed by atoms with Gasteiger partial charge in [0.15, 0.2) is 0 Å². The van der Waals surface area contributed by atoms with Crippen molar-refractivity contribution in [2.75, 3.05) is 13.0 Å². The van der Waals surface area contributed by atoms with Crippen LogP contribution < -0.4 is 5.32 Å². The van der Waals surface area contributed by atoms with Gasteiger partial charge in [-0.3, -0.25) is 0 Å². The smallest absolute Gasteiger partial charge is 0.335 e. The Morgan fingerprint density at radius 1 is 1.17 bits per heavy atom. The Bertz CT molecular complexity index is 1330. The topological polar surface area (TPSA) is 69.6 Å². The molecule has 0 saturated heterocycles. The van der Waals surface area contributed by atoms with E-state index in [0.29, 0.717) is 0 Å². The number of aliphatic hydroxyl groups is 1. The highest BCUT2D eigenvalue weighted by molar-refractivity contribution is 5.89. The molecular formula is C25H27NO3. The van der Waals surface area contributed by atoms with Crippen molar-refractivity contribution in [1.29, 1.82) is 0 Å². The average molecular weight is 398 g/mol. The van der Waals surface area contributed by atoms with Crippen LogP contribution in [0, 0.1) is 6.92 Å². The molecule has 0 fully saturated rings. The highest BCUT2D eigenvalue weighted by atomic mass is 16.4. The molecule has 4 heteroatoms. The van der Waals surface area contributed by atoms with Gasteiger partial charge in [-0.25, -0.2) is 4.79 Å². The van der Waals surface area contributed by atoms with Crippen LogP contribution in [-0.4, -0.2) is 29.2 Å². The number of carbonyl (C=O) groups is 1. The zero-order valence-electron chi connectivity index (χ0n) is 23.9. The molecular weight excluding hydrogens is 362 g/mol. The maximum absolute atomic E-state index is 11.4. The van der Waals surface area contributed by atoms with E-state index in [1.165, 1.54) is 30.3 Å². The molecule has 3 N–H and O–H groups in total. The van der Waals surface area contributed by atoms with Crippen molar-refractivity contribution in [1.82, 2.24) is 5.32 Å². The Kier molecular flexibility index (Phi) is 4.34. The summed E-state index contributed by atoms with van der Waals surface area (Å²) in [6.45, 7) is -3.15. The first kappa shape index (κ1) is 12.6. The van der Waals surface area contributed by atoms with Crippen LogP contribution in [0.5, 0.6) is 0 Å². The van der Waals surface area contributed by atoms with Gasteiger partial charge in [-0.1, -0.05) is 66.1 Å². The van der Waals surface area contributed by atoms with E-state index < -0.39 is 49.6 Å². The lowest BCUT2D eigenvalue weighted by molar-refractivity contribution is 0.0697. The lowest BCUT2D eigenvalue weighted by atomic mass is 9.99. The van der Waals surface area contributed by atoms with Crippen LogP contribution in [0.25, 0.3) is 11.1 Å². The van der Waals surface area contributed by atoms with Gasteiger partial charge in [0.25, 0.3) is 0 Å². The SMILES string of the molecule is [2H]c1c([2H])c(CCC([2H])([2H])NC([2H])([2H])[C@H](O)c2cccc(C)c2)c([2H])c(-c2cccc(C(=O)O)c2)c1[2H]. The molecule has 4 nitrogen and oxygen atoms in total. The number of aromatic carboxylic acids is 1. The third-order valence-corrected chi connectivity index (χ3v) is 4.23. The summed E-state index contributed by atoms with van der Waals surface area (Å²) in [7, 11) is 0. The number of hydrogen-bond donors (Lipinski definition) is 3. The van der Waals surface area contributed by atoms with Crippen LogP contribution in [0.4, 0.5) is 0 Å². The van der Waals surface area contributed by atoms with Crippen molar-refractivity contribution in [2.24, 2.45) is 0 Å². The number of aryl methyl sites for hydroxylation is 1. The number of rotatable bonds is 9. The molecule has 0 heterocycles. The van der Waals surface area contributed by atoms with Crippen LogP contribution in [0.15, 0.2) is 72.7 Å². The van der Waals surface area contributed by atoms with E-state index in [-0.39, 0.29) is 40.3 Å². The van der Waals surface area contributed by atoms with E-state index in [1.807, 2.05) is 0 Å². The van der Waals surface area contributed by atoms with Gasteiger partial charge in [0.2, 0.25) is 0 Å². The highest BCUT2D eigenvalue weighted by Crippen LogP contribution is 2.22. The normalized spacial score (nSPS) is 16.9. The first-order valence-corrected chi connectivity index (χ1v) is 9.11. The molecule has 0 amide bonds. The fraction of sp³-hybridized carbons (Fsp3) is 0.240. The fourth-order valence-corrected chi connectivity index (χ4v) is 2.75. The van der Waals surface area contributed by atoms with Crippen molar-refractivity contribution in [3.8, 4) is 11.1 Å². The Morgan fingerprint density at radius 2 is 2.00 bits per heavy atom. The maximum atomic E-state index is 11.4. The molecule has 3 aromatic carbocycles. The van der Waals surface area contributed by atoms with Crippen LogP contribution in [0.2, 0.25) is 0 Å². The molecule has 0 spiro atoms. The molecule has 150 valence electrons. The van der Waals surface area contributed by atoms with Crippen LogP contribution in [0.1, 0.15) is 50.5 Å². The molecule has 0 aliphatic rings. The minimum absolute atomic E-state index is 0.0257. The van der Waals surface area contributed by atoms with Gasteiger partial charge in [-0.15, -0.1) is 0 Å². The van der Waals surface area contributed by atoms with Gasteiger partial charge in [-0.05, 0) is 60.6 Å². The summed E-state index contributed by atoms with van der Waals surface area (Å²) in [6.07, 6.45) is -2.32. The van der Waals surface area contributed by atoms with Crippen molar-refractivity contribution >= 4 is 5.97 Å². The van der Waals surface area contributed by atoms with Gasteiger partial charge in [0, 0.05) is 12.0 Å². The number of carboxylic acid groups (broad SMARTS) is 1. The molecule has 0 aliphatic heterocycles. The van der Waals surface area contributed by atoms with Gasteiger partial charge in [0.05, 0.1) is 17.2 Å². The molecule has 3 aromatic rings. The third-order valence-electron chi connectivity index (χ3n) is 4.23. The molecule has 0 saturated carbocycles. The second-order valence-corrected chi connectivity index (χ2v) is 6.50. The van der Waals surface area contributed by atoms with E-state index in [9.17, 15) is 15.0 Å². The minimum Gasteiger partial charge on any atom is -0.478 e. The molecule has 0 unspecified atom stereocenters. The average Bonchev–Trinajstić information content (AvgIpc) is 2.81. The Morgan fingerprint density at radius 3 is 2.79 bits per heavy atom. The molecule has 0 aliphatic carbocycles. The first-order valence-electron chi connectivity index (χ1n) is 13.1. The second kappa shape index (κ2) is 10.0. The van der Waals surface area contributed by atoms with Crippen molar-refractivity contribution in [3.63, 3.8) is 0 Å². The van der Waals surface area contributed by atoms with Gasteiger partial charge in [-0.2, -0.15) is 0 Å². The number of benzene rings is 3. The number of aliphatic hydroxyl groups excluding tert-OH is 1.